The van der Waals surface area contributed by atoms with Crippen molar-refractivity contribution in [3.8, 4) is 0 Å². The van der Waals surface area contributed by atoms with Gasteiger partial charge in [0.2, 0.25) is 15.9 Å². The van der Waals surface area contributed by atoms with E-state index in [9.17, 15) is 22.0 Å². The van der Waals surface area contributed by atoms with Crippen LogP contribution in [0, 0.1) is 11.6 Å². The third-order valence-electron chi connectivity index (χ3n) is 3.86. The number of amides is 1. The molecule has 6 nitrogen and oxygen atoms in total. The van der Waals surface area contributed by atoms with Gasteiger partial charge in [0.25, 0.3) is 0 Å². The first-order valence-electron chi connectivity index (χ1n) is 7.13. The average molecular weight is 347 g/mol. The van der Waals surface area contributed by atoms with Crippen LogP contribution in [0.25, 0.3) is 0 Å². The number of hydrogen-bond donors (Lipinski definition) is 1. The molecule has 0 saturated carbocycles. The number of carbonyl (C=O) groups excluding carboxylic acids is 1. The number of nitrogens with zero attached hydrogens (tertiary/aromatic N) is 2. The molecule has 0 radical (unpaired) electrons. The molecule has 2 rings (SSSR count). The molecular weight excluding hydrogens is 328 g/mol. The van der Waals surface area contributed by atoms with Crippen LogP contribution in [-0.2, 0) is 14.8 Å². The highest BCUT2D eigenvalue weighted by molar-refractivity contribution is 7.88. The zero-order chi connectivity index (χ0) is 17.2. The summed E-state index contributed by atoms with van der Waals surface area (Å²) in [5.41, 5.74) is -0.0852. The zero-order valence-corrected chi connectivity index (χ0v) is 13.7. The maximum absolute atomic E-state index is 13.6. The van der Waals surface area contributed by atoms with Crippen LogP contribution in [0.3, 0.4) is 0 Å². The fourth-order valence-corrected chi connectivity index (χ4v) is 3.24. The third-order valence-corrected chi connectivity index (χ3v) is 5.16. The van der Waals surface area contributed by atoms with Gasteiger partial charge in [-0.25, -0.2) is 17.2 Å². The highest BCUT2D eigenvalue weighted by Crippen LogP contribution is 2.16. The van der Waals surface area contributed by atoms with Gasteiger partial charge in [0.15, 0.2) is 0 Å². The number of anilines is 1. The minimum atomic E-state index is -3.23. The predicted octanol–water partition coefficient (Wildman–Crippen LogP) is 0.869. The van der Waals surface area contributed by atoms with Crippen LogP contribution in [-0.4, -0.2) is 62.0 Å². The number of nitrogens with one attached hydrogen (secondary N) is 1. The quantitative estimate of drug-likeness (QED) is 0.877. The fraction of sp³-hybridized carbons (Fsp3) is 0.500. The maximum Gasteiger partial charge on any atom is 0.241 e. The molecular formula is C14H19F2N3O3S. The van der Waals surface area contributed by atoms with Gasteiger partial charge in [0.1, 0.15) is 11.6 Å². The summed E-state index contributed by atoms with van der Waals surface area (Å²) in [5.74, 6) is -1.98. The van der Waals surface area contributed by atoms with Gasteiger partial charge >= 0.3 is 0 Å². The first kappa shape index (κ1) is 17.8. The van der Waals surface area contributed by atoms with Gasteiger partial charge in [-0.05, 0) is 19.1 Å². The molecule has 1 amide bonds. The Labute approximate surface area is 134 Å². The monoisotopic (exact) mass is 347 g/mol. The molecule has 0 spiro atoms. The molecule has 1 aliphatic heterocycles. The van der Waals surface area contributed by atoms with Crippen molar-refractivity contribution in [1.82, 2.24) is 9.21 Å². The van der Waals surface area contributed by atoms with Crippen molar-refractivity contribution < 1.29 is 22.0 Å². The van der Waals surface area contributed by atoms with Crippen LogP contribution in [0.2, 0.25) is 0 Å². The van der Waals surface area contributed by atoms with Crippen LogP contribution in [0.15, 0.2) is 18.2 Å². The van der Waals surface area contributed by atoms with E-state index in [1.807, 2.05) is 4.90 Å². The summed E-state index contributed by atoms with van der Waals surface area (Å²) in [5, 5.41) is 2.42. The number of halogens is 2. The number of carbonyl (C=O) groups is 1. The van der Waals surface area contributed by atoms with E-state index in [0.29, 0.717) is 32.2 Å². The largest absolute Gasteiger partial charge is 0.322 e. The summed E-state index contributed by atoms with van der Waals surface area (Å²) in [4.78, 5) is 14.0. The second-order valence-corrected chi connectivity index (χ2v) is 7.47. The molecule has 128 valence electrons. The SMILES string of the molecule is CC(C(=O)Nc1ccc(F)cc1F)N1CCN(S(C)(=O)=O)CC1. The third kappa shape index (κ3) is 4.46. The van der Waals surface area contributed by atoms with Crippen molar-refractivity contribution in [3.05, 3.63) is 29.8 Å². The summed E-state index contributed by atoms with van der Waals surface area (Å²) in [7, 11) is -3.23. The Kier molecular flexibility index (Phi) is 5.33. The average Bonchev–Trinajstić information content (AvgIpc) is 2.48. The van der Waals surface area contributed by atoms with Gasteiger partial charge in [-0.15, -0.1) is 0 Å². The van der Waals surface area contributed by atoms with Crippen LogP contribution in [0.1, 0.15) is 6.92 Å². The predicted molar refractivity (Wildman–Crippen MR) is 82.4 cm³/mol. The molecule has 1 heterocycles. The summed E-state index contributed by atoms with van der Waals surface area (Å²) in [6.07, 6.45) is 1.15. The number of benzene rings is 1. The molecule has 1 aliphatic rings. The van der Waals surface area contributed by atoms with Gasteiger partial charge in [0.05, 0.1) is 18.0 Å². The van der Waals surface area contributed by atoms with E-state index < -0.39 is 33.6 Å². The minimum absolute atomic E-state index is 0.0852. The van der Waals surface area contributed by atoms with Crippen LogP contribution in [0.4, 0.5) is 14.5 Å². The van der Waals surface area contributed by atoms with E-state index in [0.717, 1.165) is 18.4 Å². The van der Waals surface area contributed by atoms with Gasteiger partial charge < -0.3 is 5.32 Å². The van der Waals surface area contributed by atoms with E-state index >= 15 is 0 Å². The molecule has 0 aromatic heterocycles. The van der Waals surface area contributed by atoms with Crippen molar-refractivity contribution in [3.63, 3.8) is 0 Å². The lowest BCUT2D eigenvalue weighted by Gasteiger charge is -2.36. The highest BCUT2D eigenvalue weighted by Gasteiger charge is 2.29. The normalized spacial score (nSPS) is 18.6. The Hall–Kier alpha value is -1.58. The molecule has 23 heavy (non-hydrogen) atoms. The minimum Gasteiger partial charge on any atom is -0.322 e. The molecule has 0 aliphatic carbocycles. The van der Waals surface area contributed by atoms with E-state index in [1.165, 1.54) is 4.31 Å². The smallest absolute Gasteiger partial charge is 0.241 e. The van der Waals surface area contributed by atoms with Gasteiger partial charge in [-0.2, -0.15) is 4.31 Å². The molecule has 1 saturated heterocycles. The first-order valence-corrected chi connectivity index (χ1v) is 8.98. The lowest BCUT2D eigenvalue weighted by molar-refractivity contribution is -0.121. The van der Waals surface area contributed by atoms with E-state index in [2.05, 4.69) is 5.32 Å². The van der Waals surface area contributed by atoms with Crippen LogP contribution < -0.4 is 5.32 Å². The lowest BCUT2D eigenvalue weighted by Crippen LogP contribution is -2.53. The molecule has 1 fully saturated rings. The Balaban J connectivity index is 1.95. The number of rotatable bonds is 4. The Bertz CT molecular complexity index is 689. The van der Waals surface area contributed by atoms with E-state index in [4.69, 9.17) is 0 Å². The van der Waals surface area contributed by atoms with Crippen molar-refractivity contribution in [2.45, 2.75) is 13.0 Å². The molecule has 1 aromatic rings. The van der Waals surface area contributed by atoms with Crippen molar-refractivity contribution in [2.24, 2.45) is 0 Å². The molecule has 9 heteroatoms. The topological polar surface area (TPSA) is 69.7 Å². The van der Waals surface area contributed by atoms with E-state index in [-0.39, 0.29) is 5.69 Å². The van der Waals surface area contributed by atoms with Crippen molar-refractivity contribution >= 4 is 21.6 Å². The van der Waals surface area contributed by atoms with Gasteiger partial charge in [-0.1, -0.05) is 0 Å². The lowest BCUT2D eigenvalue weighted by atomic mass is 10.2. The Morgan fingerprint density at radius 1 is 1.22 bits per heavy atom. The van der Waals surface area contributed by atoms with E-state index in [1.54, 1.807) is 6.92 Å². The van der Waals surface area contributed by atoms with Crippen molar-refractivity contribution in [1.29, 1.82) is 0 Å². The summed E-state index contributed by atoms with van der Waals surface area (Å²) in [6.45, 7) is 3.09. The number of piperazine rings is 1. The molecule has 1 atom stereocenters. The van der Waals surface area contributed by atoms with Crippen LogP contribution in [0.5, 0.6) is 0 Å². The molecule has 1 aromatic carbocycles. The standard InChI is InChI=1S/C14H19F2N3O3S/c1-10(18-5-7-19(8-6-18)23(2,21)22)14(20)17-13-4-3-11(15)9-12(13)16/h3-4,9-10H,5-8H2,1-2H3,(H,17,20). The molecule has 0 bridgehead atoms. The van der Waals surface area contributed by atoms with Crippen LogP contribution >= 0.6 is 0 Å². The summed E-state index contributed by atoms with van der Waals surface area (Å²) >= 11 is 0. The molecule has 1 unspecified atom stereocenters. The zero-order valence-electron chi connectivity index (χ0n) is 12.9. The molecule has 1 N–H and O–H groups in total. The number of sulfonamides is 1. The second-order valence-electron chi connectivity index (χ2n) is 5.49. The highest BCUT2D eigenvalue weighted by atomic mass is 32.2. The van der Waals surface area contributed by atoms with Gasteiger partial charge in [0, 0.05) is 32.2 Å². The maximum atomic E-state index is 13.6. The second kappa shape index (κ2) is 6.90. The Morgan fingerprint density at radius 2 is 1.83 bits per heavy atom. The Morgan fingerprint density at radius 3 is 2.35 bits per heavy atom. The first-order chi connectivity index (χ1) is 10.7. The van der Waals surface area contributed by atoms with Crippen molar-refractivity contribution in [2.75, 3.05) is 37.8 Å². The van der Waals surface area contributed by atoms with Gasteiger partial charge in [-0.3, -0.25) is 9.69 Å². The number of hydrogen-bond acceptors (Lipinski definition) is 4. The fourth-order valence-electron chi connectivity index (χ4n) is 2.42. The summed E-state index contributed by atoms with van der Waals surface area (Å²) < 4.78 is 50.7. The summed E-state index contributed by atoms with van der Waals surface area (Å²) in [6, 6.07) is 2.37.